The highest BCUT2D eigenvalue weighted by Gasteiger charge is 2.04. The molecule has 3 heteroatoms. The lowest BCUT2D eigenvalue weighted by Crippen LogP contribution is -1.97. The molecule has 0 fully saturated rings. The number of hydrogen-bond donors (Lipinski definition) is 0. The van der Waals surface area contributed by atoms with Crippen LogP contribution in [0.4, 0.5) is 0 Å². The van der Waals surface area contributed by atoms with Crippen LogP contribution in [0.25, 0.3) is 0 Å². The van der Waals surface area contributed by atoms with E-state index in [1.54, 1.807) is 0 Å². The lowest BCUT2D eigenvalue weighted by atomic mass is 10.2. The van der Waals surface area contributed by atoms with Crippen molar-refractivity contribution < 1.29 is 4.79 Å². The van der Waals surface area contributed by atoms with E-state index in [1.807, 2.05) is 22.6 Å². The fourth-order valence-electron chi connectivity index (χ4n) is 0.442. The Balaban J connectivity index is 2.95. The van der Waals surface area contributed by atoms with E-state index in [2.05, 4.69) is 11.6 Å². The molecule has 1 heterocycles. The van der Waals surface area contributed by atoms with Gasteiger partial charge < -0.3 is 0 Å². The summed E-state index contributed by atoms with van der Waals surface area (Å²) in [6.07, 6.45) is 2.94. The van der Waals surface area contributed by atoms with Crippen LogP contribution >= 0.6 is 22.6 Å². The second-order valence-corrected chi connectivity index (χ2v) is 2.78. The van der Waals surface area contributed by atoms with Gasteiger partial charge in [-0.25, -0.2) is 4.99 Å². The fourth-order valence-corrected chi connectivity index (χ4v) is 0.847. The van der Waals surface area contributed by atoms with Crippen molar-refractivity contribution in [3.63, 3.8) is 0 Å². The standard InChI is InChI=1S/C6H4INO/c1-4-3-8-6(9)2-5(4)7/h2-3H,1H2. The van der Waals surface area contributed by atoms with Gasteiger partial charge in [-0.3, -0.25) is 4.79 Å². The van der Waals surface area contributed by atoms with Crippen LogP contribution < -0.4 is 0 Å². The van der Waals surface area contributed by atoms with Gasteiger partial charge >= 0.3 is 0 Å². The van der Waals surface area contributed by atoms with Crippen molar-refractivity contribution in [2.75, 3.05) is 0 Å². The van der Waals surface area contributed by atoms with Crippen LogP contribution in [-0.4, -0.2) is 12.1 Å². The number of halogens is 1. The minimum atomic E-state index is -0.202. The van der Waals surface area contributed by atoms with Gasteiger partial charge in [0.25, 0.3) is 5.91 Å². The number of hydrogen-bond acceptors (Lipinski definition) is 1. The number of nitrogens with zero attached hydrogens (tertiary/aromatic N) is 1. The predicted octanol–water partition coefficient (Wildman–Crippen LogP) is 1.47. The quantitative estimate of drug-likeness (QED) is 0.582. The van der Waals surface area contributed by atoms with Gasteiger partial charge in [-0.05, 0) is 28.2 Å². The van der Waals surface area contributed by atoms with Crippen LogP contribution in [0, 0.1) is 0 Å². The van der Waals surface area contributed by atoms with Gasteiger partial charge in [0.2, 0.25) is 0 Å². The highest BCUT2D eigenvalue weighted by Crippen LogP contribution is 2.16. The van der Waals surface area contributed by atoms with Crippen LogP contribution in [0.2, 0.25) is 0 Å². The highest BCUT2D eigenvalue weighted by molar-refractivity contribution is 14.1. The van der Waals surface area contributed by atoms with Crippen molar-refractivity contribution in [1.82, 2.24) is 0 Å². The van der Waals surface area contributed by atoms with Gasteiger partial charge in [0, 0.05) is 15.9 Å². The number of dihydropyridines is 1. The molecule has 0 aromatic heterocycles. The number of carbonyl (C=O) groups excluding carboxylic acids is 1. The maximum atomic E-state index is 10.5. The van der Waals surface area contributed by atoms with Crippen LogP contribution in [0.1, 0.15) is 0 Å². The summed E-state index contributed by atoms with van der Waals surface area (Å²) in [5.41, 5.74) is 0.801. The van der Waals surface area contributed by atoms with Crippen LogP contribution in [0.3, 0.4) is 0 Å². The molecule has 9 heavy (non-hydrogen) atoms. The molecule has 1 amide bonds. The van der Waals surface area contributed by atoms with E-state index in [4.69, 9.17) is 0 Å². The molecular formula is C6H4INO. The Morgan fingerprint density at radius 1 is 1.67 bits per heavy atom. The summed E-state index contributed by atoms with van der Waals surface area (Å²) in [7, 11) is 0. The van der Waals surface area contributed by atoms with E-state index in [0.29, 0.717) is 0 Å². The Hall–Kier alpha value is -0.450. The van der Waals surface area contributed by atoms with Gasteiger partial charge in [0.15, 0.2) is 0 Å². The summed E-state index contributed by atoms with van der Waals surface area (Å²) in [5, 5.41) is 0. The summed E-state index contributed by atoms with van der Waals surface area (Å²) >= 11 is 2.05. The van der Waals surface area contributed by atoms with E-state index >= 15 is 0 Å². The Morgan fingerprint density at radius 3 is 2.78 bits per heavy atom. The molecule has 0 bridgehead atoms. The van der Waals surface area contributed by atoms with Crippen LogP contribution in [0.15, 0.2) is 26.8 Å². The average Bonchev–Trinajstić information content (AvgIpc) is 1.80. The first-order valence-electron chi connectivity index (χ1n) is 2.34. The molecule has 0 saturated heterocycles. The Bertz CT molecular complexity index is 227. The third-order valence-electron chi connectivity index (χ3n) is 0.905. The molecule has 1 rings (SSSR count). The monoisotopic (exact) mass is 233 g/mol. The zero-order valence-electron chi connectivity index (χ0n) is 4.60. The van der Waals surface area contributed by atoms with Crippen molar-refractivity contribution in [1.29, 1.82) is 0 Å². The normalized spacial score (nSPS) is 18.1. The number of aliphatic imine (C=N–C) groups is 1. The Labute approximate surface area is 66.5 Å². The topological polar surface area (TPSA) is 29.4 Å². The Morgan fingerprint density at radius 2 is 2.33 bits per heavy atom. The van der Waals surface area contributed by atoms with E-state index < -0.39 is 0 Å². The van der Waals surface area contributed by atoms with Gasteiger partial charge in [-0.2, -0.15) is 0 Å². The van der Waals surface area contributed by atoms with E-state index in [-0.39, 0.29) is 5.91 Å². The zero-order valence-corrected chi connectivity index (χ0v) is 6.75. The minimum absolute atomic E-state index is 0.202. The molecule has 0 N–H and O–H groups in total. The lowest BCUT2D eigenvalue weighted by Gasteiger charge is -1.99. The SMILES string of the molecule is C=C1C=NC(=O)C=C1I. The van der Waals surface area contributed by atoms with Gasteiger partial charge in [0.05, 0.1) is 0 Å². The van der Waals surface area contributed by atoms with Crippen molar-refractivity contribution in [3.8, 4) is 0 Å². The molecule has 0 aromatic rings. The first-order valence-corrected chi connectivity index (χ1v) is 3.42. The van der Waals surface area contributed by atoms with E-state index in [1.165, 1.54) is 12.3 Å². The highest BCUT2D eigenvalue weighted by atomic mass is 127. The second-order valence-electron chi connectivity index (χ2n) is 1.61. The molecule has 2 nitrogen and oxygen atoms in total. The molecule has 1 aliphatic heterocycles. The number of rotatable bonds is 0. The van der Waals surface area contributed by atoms with Gasteiger partial charge in [-0.1, -0.05) is 6.58 Å². The van der Waals surface area contributed by atoms with Crippen molar-refractivity contribution in [2.45, 2.75) is 0 Å². The summed E-state index contributed by atoms with van der Waals surface area (Å²) in [6.45, 7) is 3.65. The van der Waals surface area contributed by atoms with Crippen LogP contribution in [0.5, 0.6) is 0 Å². The van der Waals surface area contributed by atoms with Gasteiger partial charge in [0.1, 0.15) is 0 Å². The van der Waals surface area contributed by atoms with Crippen LogP contribution in [-0.2, 0) is 4.79 Å². The molecule has 0 saturated carbocycles. The third kappa shape index (κ3) is 1.48. The third-order valence-corrected chi connectivity index (χ3v) is 1.91. The van der Waals surface area contributed by atoms with Crippen molar-refractivity contribution >= 4 is 34.7 Å². The molecule has 0 aliphatic carbocycles. The summed E-state index contributed by atoms with van der Waals surface area (Å²) in [5.74, 6) is -0.202. The molecule has 0 spiro atoms. The zero-order chi connectivity index (χ0) is 6.85. The minimum Gasteiger partial charge on any atom is -0.267 e. The van der Waals surface area contributed by atoms with Crippen molar-refractivity contribution in [3.05, 3.63) is 21.8 Å². The molecule has 0 radical (unpaired) electrons. The number of amides is 1. The number of allylic oxidation sites excluding steroid dienone is 2. The molecule has 0 unspecified atom stereocenters. The van der Waals surface area contributed by atoms with Gasteiger partial charge in [-0.15, -0.1) is 0 Å². The second kappa shape index (κ2) is 2.43. The average molecular weight is 233 g/mol. The summed E-state index contributed by atoms with van der Waals surface area (Å²) < 4.78 is 0.868. The molecule has 0 atom stereocenters. The van der Waals surface area contributed by atoms with E-state index in [9.17, 15) is 4.79 Å². The Kier molecular flexibility index (Phi) is 1.80. The smallest absolute Gasteiger partial charge is 0.267 e. The largest absolute Gasteiger partial charge is 0.270 e. The van der Waals surface area contributed by atoms with E-state index in [0.717, 1.165) is 9.15 Å². The molecular weight excluding hydrogens is 229 g/mol. The first-order chi connectivity index (χ1) is 4.20. The maximum Gasteiger partial charge on any atom is 0.270 e. The maximum absolute atomic E-state index is 10.5. The molecule has 1 aliphatic rings. The van der Waals surface area contributed by atoms with Crippen molar-refractivity contribution in [2.24, 2.45) is 4.99 Å². The summed E-state index contributed by atoms with van der Waals surface area (Å²) in [6, 6.07) is 0. The number of carbonyl (C=O) groups is 1. The lowest BCUT2D eigenvalue weighted by molar-refractivity contribution is -0.113. The molecule has 0 aromatic carbocycles. The predicted molar refractivity (Wildman–Crippen MR) is 44.7 cm³/mol. The summed E-state index contributed by atoms with van der Waals surface area (Å²) in [4.78, 5) is 14.0. The first kappa shape index (κ1) is 6.67. The molecule has 46 valence electrons. The fraction of sp³-hybridized carbons (Fsp3) is 0.